The molecule has 9 heteroatoms. The number of hydrogen-bond donors (Lipinski definition) is 1. The molecule has 1 N–H and O–H groups in total. The van der Waals surface area contributed by atoms with E-state index in [1.54, 1.807) is 12.1 Å². The normalized spacial score (nSPS) is 26.0. The second kappa shape index (κ2) is 7.13. The third-order valence-electron chi connectivity index (χ3n) is 5.51. The summed E-state index contributed by atoms with van der Waals surface area (Å²) in [6.45, 7) is 0.217. The Morgan fingerprint density at radius 1 is 1.17 bits per heavy atom. The van der Waals surface area contributed by atoms with Crippen LogP contribution < -0.4 is 10.2 Å². The molecule has 2 fully saturated rings. The quantitative estimate of drug-likeness (QED) is 0.854. The van der Waals surface area contributed by atoms with Crippen LogP contribution in [0.25, 0.3) is 0 Å². The van der Waals surface area contributed by atoms with E-state index in [2.05, 4.69) is 15.3 Å². The summed E-state index contributed by atoms with van der Waals surface area (Å²) in [7, 11) is 0. The van der Waals surface area contributed by atoms with Gasteiger partial charge in [0.05, 0.1) is 11.6 Å². The van der Waals surface area contributed by atoms with Crippen LogP contribution in [0.4, 0.5) is 19.0 Å². The van der Waals surface area contributed by atoms with Crippen LogP contribution in [0.1, 0.15) is 36.2 Å². The maximum Gasteiger partial charge on any atom is 0.270 e. The Kier molecular flexibility index (Phi) is 4.76. The van der Waals surface area contributed by atoms with Crippen molar-refractivity contribution in [2.75, 3.05) is 11.4 Å². The van der Waals surface area contributed by atoms with Gasteiger partial charge in [0.15, 0.2) is 0 Å². The fourth-order valence-electron chi connectivity index (χ4n) is 4.32. The molecule has 2 atom stereocenters. The van der Waals surface area contributed by atoms with E-state index in [0.29, 0.717) is 0 Å². The smallest absolute Gasteiger partial charge is 0.270 e. The van der Waals surface area contributed by atoms with E-state index in [1.807, 2.05) is 0 Å². The summed E-state index contributed by atoms with van der Waals surface area (Å²) in [5.74, 6) is -4.42. The van der Waals surface area contributed by atoms with Crippen LogP contribution >= 0.6 is 0 Å². The summed E-state index contributed by atoms with van der Waals surface area (Å²) in [4.78, 5) is 34.6. The molecule has 2 aromatic rings. The van der Waals surface area contributed by atoms with Gasteiger partial charge in [-0.05, 0) is 37.1 Å². The lowest BCUT2D eigenvalue weighted by atomic mass is 9.69. The van der Waals surface area contributed by atoms with Crippen LogP contribution in [0.5, 0.6) is 0 Å². The van der Waals surface area contributed by atoms with Gasteiger partial charge in [0.25, 0.3) is 11.8 Å². The van der Waals surface area contributed by atoms with Crippen molar-refractivity contribution in [1.82, 2.24) is 15.3 Å². The summed E-state index contributed by atoms with van der Waals surface area (Å²) in [6.07, 6.45) is 1.65. The Hall–Kier alpha value is -2.97. The Morgan fingerprint density at radius 3 is 2.69 bits per heavy atom. The topological polar surface area (TPSA) is 75.2 Å². The molecular formula is C20H19F3N4O2. The first-order chi connectivity index (χ1) is 13.8. The SMILES string of the molecule is O=C(N[C@@H]1CC(F)(F)C[C@@]2(CCN(c3ccc(F)cn3)C2=O)C1)c1ccccn1. The highest BCUT2D eigenvalue weighted by Crippen LogP contribution is 2.51. The first-order valence-electron chi connectivity index (χ1n) is 9.31. The third-order valence-corrected chi connectivity index (χ3v) is 5.51. The van der Waals surface area contributed by atoms with Gasteiger partial charge < -0.3 is 5.32 Å². The number of amides is 2. The number of pyridine rings is 2. The number of halogens is 3. The highest BCUT2D eigenvalue weighted by molar-refractivity contribution is 5.99. The van der Waals surface area contributed by atoms with E-state index in [1.165, 1.54) is 29.3 Å². The molecule has 1 saturated heterocycles. The number of nitrogens with zero attached hydrogens (tertiary/aromatic N) is 3. The molecule has 2 amide bonds. The molecule has 6 nitrogen and oxygen atoms in total. The molecule has 0 unspecified atom stereocenters. The van der Waals surface area contributed by atoms with Crippen molar-refractivity contribution in [2.24, 2.45) is 5.41 Å². The minimum atomic E-state index is -3.10. The monoisotopic (exact) mass is 404 g/mol. The fourth-order valence-corrected chi connectivity index (χ4v) is 4.32. The maximum absolute atomic E-state index is 14.6. The second-order valence-electron chi connectivity index (χ2n) is 7.65. The lowest BCUT2D eigenvalue weighted by Gasteiger charge is -2.40. The number of carbonyl (C=O) groups is 2. The molecule has 1 aliphatic carbocycles. The van der Waals surface area contributed by atoms with Gasteiger partial charge in [-0.1, -0.05) is 6.07 Å². The number of hydrogen-bond acceptors (Lipinski definition) is 4. The van der Waals surface area contributed by atoms with Gasteiger partial charge >= 0.3 is 0 Å². The van der Waals surface area contributed by atoms with Gasteiger partial charge in [-0.3, -0.25) is 19.5 Å². The minimum absolute atomic E-state index is 0.109. The van der Waals surface area contributed by atoms with Crippen molar-refractivity contribution in [2.45, 2.75) is 37.6 Å². The predicted molar refractivity (Wildman–Crippen MR) is 97.9 cm³/mol. The average molecular weight is 404 g/mol. The summed E-state index contributed by atoms with van der Waals surface area (Å²) >= 11 is 0. The molecule has 1 saturated carbocycles. The molecule has 2 aliphatic rings. The zero-order valence-corrected chi connectivity index (χ0v) is 15.4. The summed E-state index contributed by atoms with van der Waals surface area (Å²) in [5.41, 5.74) is -1.16. The fraction of sp³-hybridized carbons (Fsp3) is 0.400. The third kappa shape index (κ3) is 3.81. The number of aromatic nitrogens is 2. The van der Waals surface area contributed by atoms with Crippen molar-refractivity contribution in [3.05, 3.63) is 54.2 Å². The zero-order chi connectivity index (χ0) is 20.6. The average Bonchev–Trinajstić information content (AvgIpc) is 2.97. The molecule has 1 spiro atoms. The molecular weight excluding hydrogens is 385 g/mol. The van der Waals surface area contributed by atoms with Crippen LogP contribution in [-0.2, 0) is 4.79 Å². The number of carbonyl (C=O) groups excluding carboxylic acids is 2. The summed E-state index contributed by atoms with van der Waals surface area (Å²) in [6, 6.07) is 6.44. The van der Waals surface area contributed by atoms with Gasteiger partial charge in [0.2, 0.25) is 5.91 Å². The lowest BCUT2D eigenvalue weighted by Crippen LogP contribution is -2.52. The van der Waals surface area contributed by atoms with Crippen molar-refractivity contribution < 1.29 is 22.8 Å². The summed E-state index contributed by atoms with van der Waals surface area (Å²) in [5, 5.41) is 2.61. The molecule has 2 aromatic heterocycles. The number of alkyl halides is 2. The van der Waals surface area contributed by atoms with Crippen molar-refractivity contribution in [3.8, 4) is 0 Å². The van der Waals surface area contributed by atoms with Crippen molar-refractivity contribution in [1.29, 1.82) is 0 Å². The van der Waals surface area contributed by atoms with Gasteiger partial charge in [-0.15, -0.1) is 0 Å². The Labute approximate surface area is 165 Å². The van der Waals surface area contributed by atoms with Gasteiger partial charge in [0, 0.05) is 31.6 Å². The molecule has 3 heterocycles. The highest BCUT2D eigenvalue weighted by atomic mass is 19.3. The van der Waals surface area contributed by atoms with E-state index in [-0.39, 0.29) is 30.9 Å². The van der Waals surface area contributed by atoms with Crippen LogP contribution in [0, 0.1) is 11.2 Å². The largest absolute Gasteiger partial charge is 0.348 e. The maximum atomic E-state index is 14.6. The lowest BCUT2D eigenvalue weighted by molar-refractivity contribution is -0.140. The molecule has 0 bridgehead atoms. The summed E-state index contributed by atoms with van der Waals surface area (Å²) < 4.78 is 42.2. The van der Waals surface area contributed by atoms with Crippen LogP contribution in [0.15, 0.2) is 42.7 Å². The van der Waals surface area contributed by atoms with Crippen LogP contribution in [0.2, 0.25) is 0 Å². The van der Waals surface area contributed by atoms with Crippen molar-refractivity contribution in [3.63, 3.8) is 0 Å². The Bertz CT molecular complexity index is 923. The Morgan fingerprint density at radius 2 is 2.00 bits per heavy atom. The molecule has 0 aromatic carbocycles. The van der Waals surface area contributed by atoms with Gasteiger partial charge in [0.1, 0.15) is 17.3 Å². The van der Waals surface area contributed by atoms with Crippen molar-refractivity contribution >= 4 is 17.6 Å². The van der Waals surface area contributed by atoms with E-state index < -0.39 is 47.9 Å². The number of rotatable bonds is 3. The van der Waals surface area contributed by atoms with E-state index >= 15 is 0 Å². The van der Waals surface area contributed by atoms with Gasteiger partial charge in [-0.25, -0.2) is 18.2 Å². The zero-order valence-electron chi connectivity index (χ0n) is 15.4. The first kappa shape index (κ1) is 19.4. The van der Waals surface area contributed by atoms with Crippen LogP contribution in [0.3, 0.4) is 0 Å². The molecule has 4 rings (SSSR count). The molecule has 29 heavy (non-hydrogen) atoms. The highest BCUT2D eigenvalue weighted by Gasteiger charge is 2.57. The number of anilines is 1. The molecule has 1 aliphatic heterocycles. The molecule has 0 radical (unpaired) electrons. The standard InChI is InChI=1S/C20H19F3N4O2/c21-13-4-5-16(25-11-13)27-8-6-19(18(27)29)9-14(10-20(22,23)12-19)26-17(28)15-3-1-2-7-24-15/h1-5,7,11,14H,6,8-10,12H2,(H,26,28)/t14-,19+/m0/s1. The first-order valence-corrected chi connectivity index (χ1v) is 9.31. The second-order valence-corrected chi connectivity index (χ2v) is 7.65. The number of nitrogens with one attached hydrogen (secondary N) is 1. The van der Waals surface area contributed by atoms with E-state index in [0.717, 1.165) is 6.20 Å². The Balaban J connectivity index is 1.54. The van der Waals surface area contributed by atoms with Crippen LogP contribution in [-0.4, -0.2) is 40.3 Å². The molecule has 152 valence electrons. The van der Waals surface area contributed by atoms with E-state index in [4.69, 9.17) is 0 Å². The minimum Gasteiger partial charge on any atom is -0.348 e. The van der Waals surface area contributed by atoms with E-state index in [9.17, 15) is 22.8 Å². The predicted octanol–water partition coefficient (Wildman–Crippen LogP) is 2.96. The van der Waals surface area contributed by atoms with Gasteiger partial charge in [-0.2, -0.15) is 0 Å².